The van der Waals surface area contributed by atoms with Crippen molar-refractivity contribution in [2.45, 2.75) is 13.8 Å². The Hall–Kier alpha value is -3.60. The molecule has 2 aromatic carbocycles. The number of pyridine rings is 2. The van der Waals surface area contributed by atoms with Crippen molar-refractivity contribution in [1.29, 1.82) is 0 Å². The van der Waals surface area contributed by atoms with Crippen LogP contribution in [0.2, 0.25) is 0 Å². The van der Waals surface area contributed by atoms with Crippen molar-refractivity contribution < 1.29 is 17.8 Å². The van der Waals surface area contributed by atoms with Gasteiger partial charge >= 0.3 is 0 Å². The summed E-state index contributed by atoms with van der Waals surface area (Å²) < 4.78 is 36.4. The second-order valence-corrected chi connectivity index (χ2v) is 7.55. The van der Waals surface area contributed by atoms with Gasteiger partial charge in [-0.05, 0) is 49.7 Å². The molecule has 0 spiro atoms. The van der Waals surface area contributed by atoms with Gasteiger partial charge in [0.15, 0.2) is 11.8 Å². The summed E-state index contributed by atoms with van der Waals surface area (Å²) in [6.07, 6.45) is 1.91. The SMILES string of the molecule is Cc1ccc2c(n1)oc1c(-c3c(-c4ccc(F)cc4F)ccc[n+]3C)c(C)ccc12. The molecule has 0 fully saturated rings. The highest BCUT2D eigenvalue weighted by atomic mass is 19.1. The summed E-state index contributed by atoms with van der Waals surface area (Å²) in [6, 6.07) is 15.4. The molecule has 3 aromatic heterocycles. The van der Waals surface area contributed by atoms with Crippen LogP contribution < -0.4 is 4.57 Å². The van der Waals surface area contributed by atoms with Crippen LogP contribution >= 0.6 is 0 Å². The number of nitrogens with zero attached hydrogens (tertiary/aromatic N) is 2. The molecule has 3 heterocycles. The largest absolute Gasteiger partial charge is 0.437 e. The minimum absolute atomic E-state index is 0.337. The van der Waals surface area contributed by atoms with E-state index in [4.69, 9.17) is 4.42 Å². The number of fused-ring (bicyclic) bond motifs is 3. The molecule has 5 rings (SSSR count). The molecule has 5 aromatic rings. The Morgan fingerprint density at radius 2 is 1.70 bits per heavy atom. The van der Waals surface area contributed by atoms with Gasteiger partial charge in [0.05, 0.1) is 11.1 Å². The van der Waals surface area contributed by atoms with Crippen LogP contribution in [0.25, 0.3) is 44.5 Å². The standard InChI is InChI=1S/C25H19F2N2O/c1-14-6-9-19-20-10-7-15(2)28-25(20)30-24(19)22(14)23-18(5-4-12-29(23)3)17-11-8-16(26)13-21(17)27/h4-13H,1-3H3/q+1. The topological polar surface area (TPSA) is 29.9 Å². The molecule has 0 radical (unpaired) electrons. The van der Waals surface area contributed by atoms with Crippen molar-refractivity contribution in [3.05, 3.63) is 83.7 Å². The van der Waals surface area contributed by atoms with E-state index in [2.05, 4.69) is 4.98 Å². The van der Waals surface area contributed by atoms with E-state index in [1.165, 1.54) is 12.1 Å². The molecule has 0 N–H and O–H groups in total. The van der Waals surface area contributed by atoms with E-state index < -0.39 is 11.6 Å². The average molecular weight is 401 g/mol. The van der Waals surface area contributed by atoms with Gasteiger partial charge in [-0.2, -0.15) is 0 Å². The molecule has 0 aliphatic carbocycles. The lowest BCUT2D eigenvalue weighted by Gasteiger charge is -2.11. The summed E-state index contributed by atoms with van der Waals surface area (Å²) >= 11 is 0. The summed E-state index contributed by atoms with van der Waals surface area (Å²) in [6.45, 7) is 3.92. The van der Waals surface area contributed by atoms with E-state index in [-0.39, 0.29) is 0 Å². The number of aromatic nitrogens is 2. The monoisotopic (exact) mass is 401 g/mol. The predicted octanol–water partition coefficient (Wildman–Crippen LogP) is 6.03. The van der Waals surface area contributed by atoms with Gasteiger partial charge in [-0.1, -0.05) is 12.1 Å². The Morgan fingerprint density at radius 3 is 2.50 bits per heavy atom. The summed E-state index contributed by atoms with van der Waals surface area (Å²) in [5.41, 5.74) is 5.80. The van der Waals surface area contributed by atoms with Crippen molar-refractivity contribution in [2.75, 3.05) is 0 Å². The van der Waals surface area contributed by atoms with Gasteiger partial charge in [-0.15, -0.1) is 0 Å². The fourth-order valence-electron chi connectivity index (χ4n) is 4.05. The zero-order valence-electron chi connectivity index (χ0n) is 16.8. The van der Waals surface area contributed by atoms with Crippen molar-refractivity contribution in [2.24, 2.45) is 7.05 Å². The number of hydrogen-bond acceptors (Lipinski definition) is 2. The predicted molar refractivity (Wildman–Crippen MR) is 113 cm³/mol. The average Bonchev–Trinajstić information content (AvgIpc) is 3.06. The number of halogens is 2. The second kappa shape index (κ2) is 6.73. The highest BCUT2D eigenvalue weighted by molar-refractivity contribution is 6.09. The van der Waals surface area contributed by atoms with E-state index in [9.17, 15) is 8.78 Å². The van der Waals surface area contributed by atoms with Crippen LogP contribution in [0.3, 0.4) is 0 Å². The molecule has 0 atom stereocenters. The maximum absolute atomic E-state index is 14.7. The van der Waals surface area contributed by atoms with Crippen LogP contribution in [0.4, 0.5) is 8.78 Å². The van der Waals surface area contributed by atoms with E-state index >= 15 is 0 Å². The molecule has 0 aliphatic heterocycles. The third kappa shape index (κ3) is 2.77. The lowest BCUT2D eigenvalue weighted by atomic mass is 9.94. The normalized spacial score (nSPS) is 11.5. The molecule has 148 valence electrons. The van der Waals surface area contributed by atoms with Crippen LogP contribution in [0.15, 0.2) is 65.2 Å². The van der Waals surface area contributed by atoms with E-state index in [0.717, 1.165) is 39.4 Å². The molecule has 5 heteroatoms. The first-order valence-electron chi connectivity index (χ1n) is 9.68. The lowest BCUT2D eigenvalue weighted by molar-refractivity contribution is -0.659. The van der Waals surface area contributed by atoms with Crippen molar-refractivity contribution >= 4 is 22.1 Å². The Labute approximate surface area is 172 Å². The van der Waals surface area contributed by atoms with Crippen LogP contribution in [-0.2, 0) is 7.05 Å². The minimum Gasteiger partial charge on any atom is -0.437 e. The lowest BCUT2D eigenvalue weighted by Crippen LogP contribution is -2.31. The number of hydrogen-bond donors (Lipinski definition) is 0. The molecular formula is C25H19F2N2O+. The Morgan fingerprint density at radius 1 is 0.900 bits per heavy atom. The van der Waals surface area contributed by atoms with Crippen molar-refractivity contribution in [3.8, 4) is 22.4 Å². The maximum Gasteiger partial charge on any atom is 0.227 e. The maximum atomic E-state index is 14.7. The summed E-state index contributed by atoms with van der Waals surface area (Å²) in [7, 11) is 1.91. The van der Waals surface area contributed by atoms with E-state index in [1.807, 2.05) is 68.1 Å². The van der Waals surface area contributed by atoms with Gasteiger partial charge in [0.1, 0.15) is 18.7 Å². The molecular weight excluding hydrogens is 382 g/mol. The third-order valence-corrected chi connectivity index (χ3v) is 5.49. The molecule has 3 nitrogen and oxygen atoms in total. The second-order valence-electron chi connectivity index (χ2n) is 7.55. The van der Waals surface area contributed by atoms with E-state index in [1.54, 1.807) is 0 Å². The number of rotatable bonds is 2. The van der Waals surface area contributed by atoms with Gasteiger partial charge in [0.2, 0.25) is 11.4 Å². The minimum atomic E-state index is -0.603. The van der Waals surface area contributed by atoms with Crippen molar-refractivity contribution in [1.82, 2.24) is 4.98 Å². The number of aryl methyl sites for hydroxylation is 3. The van der Waals surface area contributed by atoms with E-state index in [0.29, 0.717) is 22.4 Å². The van der Waals surface area contributed by atoms with Crippen LogP contribution in [-0.4, -0.2) is 4.98 Å². The molecule has 30 heavy (non-hydrogen) atoms. The first-order chi connectivity index (χ1) is 14.4. The van der Waals surface area contributed by atoms with Gasteiger partial charge in [0, 0.05) is 34.2 Å². The van der Waals surface area contributed by atoms with Crippen LogP contribution in [0, 0.1) is 25.5 Å². The zero-order valence-corrected chi connectivity index (χ0v) is 16.8. The van der Waals surface area contributed by atoms with Gasteiger partial charge in [0.25, 0.3) is 0 Å². The van der Waals surface area contributed by atoms with Crippen LogP contribution in [0.1, 0.15) is 11.3 Å². The number of benzene rings is 2. The Bertz CT molecular complexity index is 1450. The molecule has 0 saturated carbocycles. The first kappa shape index (κ1) is 18.4. The summed E-state index contributed by atoms with van der Waals surface area (Å²) in [5, 5.41) is 1.89. The molecule has 0 unspecified atom stereocenters. The molecule has 0 saturated heterocycles. The molecule has 0 bridgehead atoms. The third-order valence-electron chi connectivity index (χ3n) is 5.49. The van der Waals surface area contributed by atoms with Gasteiger partial charge in [-0.25, -0.2) is 18.3 Å². The highest BCUT2D eigenvalue weighted by Gasteiger charge is 2.26. The summed E-state index contributed by atoms with van der Waals surface area (Å²) in [5.74, 6) is -1.20. The Balaban J connectivity index is 1.89. The first-order valence-corrected chi connectivity index (χ1v) is 9.68. The number of furan rings is 1. The molecule has 0 aliphatic rings. The molecule has 0 amide bonds. The Kier molecular flexibility index (Phi) is 4.13. The van der Waals surface area contributed by atoms with Crippen LogP contribution in [0.5, 0.6) is 0 Å². The fourth-order valence-corrected chi connectivity index (χ4v) is 4.05. The highest BCUT2D eigenvalue weighted by Crippen LogP contribution is 2.40. The van der Waals surface area contributed by atoms with Gasteiger partial charge < -0.3 is 4.42 Å². The zero-order chi connectivity index (χ0) is 21.0. The quantitative estimate of drug-likeness (QED) is 0.338. The van der Waals surface area contributed by atoms with Crippen molar-refractivity contribution in [3.63, 3.8) is 0 Å². The van der Waals surface area contributed by atoms with Gasteiger partial charge in [-0.3, -0.25) is 0 Å². The fraction of sp³-hybridized carbons (Fsp3) is 0.120. The summed E-state index contributed by atoms with van der Waals surface area (Å²) in [4.78, 5) is 4.53. The smallest absolute Gasteiger partial charge is 0.227 e.